The Balaban J connectivity index is 2.66. The molecule has 1 unspecified atom stereocenters. The fourth-order valence-corrected chi connectivity index (χ4v) is 2.52. The number of ketones is 1. The number of carbonyl (C=O) groups excluding carboxylic acids is 1. The third-order valence-electron chi connectivity index (χ3n) is 2.94. The summed E-state index contributed by atoms with van der Waals surface area (Å²) >= 11 is 0. The Labute approximate surface area is 114 Å². The van der Waals surface area contributed by atoms with Crippen molar-refractivity contribution < 1.29 is 17.4 Å². The van der Waals surface area contributed by atoms with E-state index < -0.39 is 16.7 Å². The quantitative estimate of drug-likeness (QED) is 0.722. The van der Waals surface area contributed by atoms with Crippen LogP contribution in [0.3, 0.4) is 0 Å². The fraction of sp³-hybridized carbons (Fsp3) is 0.500. The number of Topliss-reactive ketones (excluding diaryl/α,β-unsaturated/α-hetero) is 1. The van der Waals surface area contributed by atoms with Crippen LogP contribution in [0.15, 0.2) is 29.2 Å². The Hall–Kier alpha value is -1.20. The van der Waals surface area contributed by atoms with Gasteiger partial charge in [0, 0.05) is 5.92 Å². The molecule has 0 aromatic heterocycles. The van der Waals surface area contributed by atoms with Gasteiger partial charge in [-0.3, -0.25) is 8.98 Å². The van der Waals surface area contributed by atoms with Gasteiger partial charge in [0.05, 0.1) is 4.90 Å². The van der Waals surface area contributed by atoms with E-state index in [1.54, 1.807) is 19.1 Å². The van der Waals surface area contributed by atoms with Gasteiger partial charge < -0.3 is 0 Å². The Kier molecular flexibility index (Phi) is 5.69. The largest absolute Gasteiger partial charge is 0.297 e. The highest BCUT2D eigenvalue weighted by atomic mass is 32.2. The SMILES string of the molecule is CCCC(C)C(=O)COS(=O)(=O)c1ccc(C)cc1. The summed E-state index contributed by atoms with van der Waals surface area (Å²) < 4.78 is 28.5. The molecular weight excluding hydrogens is 264 g/mol. The van der Waals surface area contributed by atoms with E-state index in [2.05, 4.69) is 0 Å². The van der Waals surface area contributed by atoms with Crippen LogP contribution in [-0.2, 0) is 19.1 Å². The molecule has 0 fully saturated rings. The van der Waals surface area contributed by atoms with Crippen LogP contribution in [0.1, 0.15) is 32.3 Å². The molecule has 0 heterocycles. The van der Waals surface area contributed by atoms with Gasteiger partial charge in [-0.2, -0.15) is 8.42 Å². The molecule has 0 saturated heterocycles. The maximum atomic E-state index is 11.9. The predicted molar refractivity (Wildman–Crippen MR) is 73.4 cm³/mol. The first-order valence-electron chi connectivity index (χ1n) is 6.35. The molecule has 0 aliphatic heterocycles. The van der Waals surface area contributed by atoms with Crippen LogP contribution >= 0.6 is 0 Å². The summed E-state index contributed by atoms with van der Waals surface area (Å²) in [6.07, 6.45) is 1.63. The Morgan fingerprint density at radius 2 is 1.84 bits per heavy atom. The van der Waals surface area contributed by atoms with Crippen molar-refractivity contribution in [3.8, 4) is 0 Å². The van der Waals surface area contributed by atoms with E-state index in [1.807, 2.05) is 13.8 Å². The Morgan fingerprint density at radius 1 is 1.26 bits per heavy atom. The summed E-state index contributed by atoms with van der Waals surface area (Å²) in [7, 11) is -3.84. The molecule has 1 atom stereocenters. The number of hydrogen-bond acceptors (Lipinski definition) is 4. The van der Waals surface area contributed by atoms with E-state index in [9.17, 15) is 13.2 Å². The van der Waals surface area contributed by atoms with Gasteiger partial charge in [-0.15, -0.1) is 0 Å². The molecule has 1 aromatic carbocycles. The molecule has 19 heavy (non-hydrogen) atoms. The normalized spacial score (nSPS) is 13.2. The molecule has 0 amide bonds. The van der Waals surface area contributed by atoms with Crippen LogP contribution in [0.4, 0.5) is 0 Å². The van der Waals surface area contributed by atoms with E-state index >= 15 is 0 Å². The highest BCUT2D eigenvalue weighted by molar-refractivity contribution is 7.86. The van der Waals surface area contributed by atoms with Crippen molar-refractivity contribution in [2.45, 2.75) is 38.5 Å². The molecule has 0 aliphatic carbocycles. The van der Waals surface area contributed by atoms with Gasteiger partial charge in [0.15, 0.2) is 5.78 Å². The van der Waals surface area contributed by atoms with Crippen LogP contribution in [0, 0.1) is 12.8 Å². The van der Waals surface area contributed by atoms with Crippen molar-refractivity contribution >= 4 is 15.9 Å². The summed E-state index contributed by atoms with van der Waals surface area (Å²) in [4.78, 5) is 11.8. The summed E-state index contributed by atoms with van der Waals surface area (Å²) in [6, 6.07) is 6.34. The van der Waals surface area contributed by atoms with Crippen molar-refractivity contribution in [2.24, 2.45) is 5.92 Å². The third kappa shape index (κ3) is 4.76. The molecule has 0 aliphatic rings. The second kappa shape index (κ2) is 6.82. The first-order valence-corrected chi connectivity index (χ1v) is 7.76. The number of benzene rings is 1. The lowest BCUT2D eigenvalue weighted by molar-refractivity contribution is -0.124. The zero-order valence-corrected chi connectivity index (χ0v) is 12.4. The molecule has 0 N–H and O–H groups in total. The predicted octanol–water partition coefficient (Wildman–Crippen LogP) is 2.71. The van der Waals surface area contributed by atoms with Gasteiger partial charge in [-0.1, -0.05) is 38.0 Å². The molecule has 4 nitrogen and oxygen atoms in total. The highest BCUT2D eigenvalue weighted by Gasteiger charge is 2.19. The molecule has 0 bridgehead atoms. The second-order valence-electron chi connectivity index (χ2n) is 4.69. The van der Waals surface area contributed by atoms with Gasteiger partial charge >= 0.3 is 0 Å². The highest BCUT2D eigenvalue weighted by Crippen LogP contribution is 2.14. The minimum atomic E-state index is -3.84. The molecular formula is C14H20O4S. The van der Waals surface area contributed by atoms with Crippen LogP contribution in [0.25, 0.3) is 0 Å². The van der Waals surface area contributed by atoms with Gasteiger partial charge in [0.1, 0.15) is 6.61 Å². The van der Waals surface area contributed by atoms with E-state index in [0.29, 0.717) is 0 Å². The topological polar surface area (TPSA) is 60.4 Å². The van der Waals surface area contributed by atoms with Gasteiger partial charge in [0.25, 0.3) is 10.1 Å². The van der Waals surface area contributed by atoms with Gasteiger partial charge in [-0.25, -0.2) is 0 Å². The fourth-order valence-electron chi connectivity index (χ4n) is 1.64. The minimum Gasteiger partial charge on any atom is -0.297 e. The van der Waals surface area contributed by atoms with Gasteiger partial charge in [-0.05, 0) is 25.5 Å². The average molecular weight is 284 g/mol. The zero-order valence-electron chi connectivity index (χ0n) is 11.5. The van der Waals surface area contributed by atoms with Crippen molar-refractivity contribution in [3.05, 3.63) is 29.8 Å². The summed E-state index contributed by atoms with van der Waals surface area (Å²) in [6.45, 7) is 5.24. The molecule has 5 heteroatoms. The summed E-state index contributed by atoms with van der Waals surface area (Å²) in [5, 5.41) is 0. The number of aryl methyl sites for hydroxylation is 1. The molecule has 0 saturated carbocycles. The van der Waals surface area contributed by atoms with Crippen molar-refractivity contribution in [1.82, 2.24) is 0 Å². The van der Waals surface area contributed by atoms with Crippen LogP contribution in [0.2, 0.25) is 0 Å². The summed E-state index contributed by atoms with van der Waals surface area (Å²) in [5.74, 6) is -0.351. The zero-order chi connectivity index (χ0) is 14.5. The van der Waals surface area contributed by atoms with Gasteiger partial charge in [0.2, 0.25) is 0 Å². The van der Waals surface area contributed by atoms with Crippen molar-refractivity contribution in [2.75, 3.05) is 6.61 Å². The maximum absolute atomic E-state index is 11.9. The van der Waals surface area contributed by atoms with Crippen molar-refractivity contribution in [1.29, 1.82) is 0 Å². The van der Waals surface area contributed by atoms with E-state index in [1.165, 1.54) is 12.1 Å². The minimum absolute atomic E-state index is 0.0778. The van der Waals surface area contributed by atoms with Crippen LogP contribution in [-0.4, -0.2) is 20.8 Å². The first kappa shape index (κ1) is 15.9. The number of rotatable bonds is 7. The molecule has 106 valence electrons. The average Bonchev–Trinajstić information content (AvgIpc) is 2.37. The standard InChI is InChI=1S/C14H20O4S/c1-4-5-12(3)14(15)10-18-19(16,17)13-8-6-11(2)7-9-13/h6-9,12H,4-5,10H2,1-3H3. The smallest absolute Gasteiger partial charge is 0.297 e. The molecule has 0 spiro atoms. The lowest BCUT2D eigenvalue weighted by atomic mass is 10.0. The van der Waals surface area contributed by atoms with Crippen LogP contribution in [0.5, 0.6) is 0 Å². The Morgan fingerprint density at radius 3 is 2.37 bits per heavy atom. The third-order valence-corrected chi connectivity index (χ3v) is 4.21. The monoisotopic (exact) mass is 284 g/mol. The van der Waals surface area contributed by atoms with Crippen LogP contribution < -0.4 is 0 Å². The molecule has 1 aromatic rings. The Bertz CT molecular complexity index is 517. The first-order chi connectivity index (χ1) is 8.86. The number of hydrogen-bond donors (Lipinski definition) is 0. The van der Waals surface area contributed by atoms with Crippen molar-refractivity contribution in [3.63, 3.8) is 0 Å². The molecule has 0 radical (unpaired) electrons. The number of carbonyl (C=O) groups is 1. The summed E-state index contributed by atoms with van der Waals surface area (Å²) in [5.41, 5.74) is 0.964. The second-order valence-corrected chi connectivity index (χ2v) is 6.30. The van der Waals surface area contributed by atoms with E-state index in [4.69, 9.17) is 4.18 Å². The van der Waals surface area contributed by atoms with E-state index in [0.717, 1.165) is 18.4 Å². The molecule has 1 rings (SSSR count). The lowest BCUT2D eigenvalue weighted by Gasteiger charge is -2.09. The maximum Gasteiger partial charge on any atom is 0.297 e. The lowest BCUT2D eigenvalue weighted by Crippen LogP contribution is -2.20. The van der Waals surface area contributed by atoms with E-state index in [-0.39, 0.29) is 16.6 Å².